The molecule has 6 aliphatic rings. The maximum Gasteiger partial charge on any atom is 0.345 e. The molecule has 4 fully saturated rings. The number of rotatable bonds is 12. The van der Waals surface area contributed by atoms with Gasteiger partial charge in [-0.1, -0.05) is 26.0 Å². The minimum Gasteiger partial charge on any atom is -0.423 e. The third kappa shape index (κ3) is 7.58. The second-order valence-electron chi connectivity index (χ2n) is 16.9. The number of aliphatic imine (C=N–C) groups is 2. The number of cyclic esters (lactones) is 1. The van der Waals surface area contributed by atoms with Crippen LogP contribution in [0.25, 0.3) is 6.08 Å². The van der Waals surface area contributed by atoms with Crippen molar-refractivity contribution in [3.05, 3.63) is 71.5 Å². The van der Waals surface area contributed by atoms with Gasteiger partial charge in [-0.05, 0) is 68.9 Å². The number of nitrogens with zero attached hydrogens (tertiary/aromatic N) is 7. The average molecular weight is 780 g/mol. The van der Waals surface area contributed by atoms with Gasteiger partial charge in [-0.3, -0.25) is 9.79 Å². The number of nitrogens with one attached hydrogen (secondary N) is 2. The first kappa shape index (κ1) is 39.2. The zero-order chi connectivity index (χ0) is 40.0. The Morgan fingerprint density at radius 1 is 1.14 bits per heavy atom. The number of allylic oxidation sites excluding steroid dienone is 1. The highest BCUT2D eigenvalue weighted by atomic mass is 16.6. The highest BCUT2D eigenvalue weighted by molar-refractivity contribution is 6.07. The SMILES string of the molecule is CC(NC1CC2[C@](C)(CC[C@@H](O)[C@@]2(C)CO)C(/C=C(\Nc2ccccn2)C2=C/C(=C\c3cnc(N4CCN(C)CC4)nc3)OC2=O)C12CO2)C(=O)CC1=NCC=N1. The Kier molecular flexibility index (Phi) is 10.7. The summed E-state index contributed by atoms with van der Waals surface area (Å²) in [5, 5.41) is 29.4. The molecule has 4 aliphatic heterocycles. The lowest BCUT2D eigenvalue weighted by Crippen LogP contribution is -2.67. The average Bonchev–Trinajstić information content (AvgIpc) is 3.66. The van der Waals surface area contributed by atoms with Crippen LogP contribution >= 0.6 is 0 Å². The summed E-state index contributed by atoms with van der Waals surface area (Å²) < 4.78 is 12.4. The third-order valence-corrected chi connectivity index (χ3v) is 13.3. The van der Waals surface area contributed by atoms with E-state index in [0.29, 0.717) is 72.6 Å². The second-order valence-corrected chi connectivity index (χ2v) is 16.9. The molecule has 8 rings (SSSR count). The van der Waals surface area contributed by atoms with Gasteiger partial charge in [0.1, 0.15) is 23.0 Å². The number of pyridine rings is 1. The maximum atomic E-state index is 13.9. The van der Waals surface area contributed by atoms with Crippen LogP contribution in [0.15, 0.2) is 76.0 Å². The van der Waals surface area contributed by atoms with E-state index in [4.69, 9.17) is 9.47 Å². The topological polar surface area (TPSA) is 190 Å². The van der Waals surface area contributed by atoms with E-state index >= 15 is 0 Å². The van der Waals surface area contributed by atoms with Gasteiger partial charge >= 0.3 is 5.97 Å². The molecule has 302 valence electrons. The zero-order valence-electron chi connectivity index (χ0n) is 33.1. The molecule has 5 unspecified atom stereocenters. The van der Waals surface area contributed by atoms with Crippen LogP contribution in [0.4, 0.5) is 11.8 Å². The summed E-state index contributed by atoms with van der Waals surface area (Å²) >= 11 is 0. The van der Waals surface area contributed by atoms with E-state index in [-0.39, 0.29) is 36.7 Å². The largest absolute Gasteiger partial charge is 0.423 e. The Morgan fingerprint density at radius 3 is 2.58 bits per heavy atom. The lowest BCUT2D eigenvalue weighted by Gasteiger charge is -2.62. The van der Waals surface area contributed by atoms with Gasteiger partial charge in [-0.25, -0.2) is 24.7 Å². The van der Waals surface area contributed by atoms with E-state index in [1.807, 2.05) is 32.0 Å². The van der Waals surface area contributed by atoms with Gasteiger partial charge in [0.05, 0.1) is 49.6 Å². The number of fused-ring (bicyclic) bond motifs is 1. The molecular weight excluding hydrogens is 727 g/mol. The van der Waals surface area contributed by atoms with Crippen LogP contribution in [0, 0.1) is 22.7 Å². The number of likely N-dealkylation sites (N-methyl/N-ethyl adjacent to an activating group) is 1. The Labute approximate surface area is 333 Å². The molecule has 8 atom stereocenters. The number of amidine groups is 1. The Balaban J connectivity index is 1.15. The molecule has 2 aromatic heterocycles. The summed E-state index contributed by atoms with van der Waals surface area (Å²) in [7, 11) is 2.10. The number of Topliss-reactive ketones (excluding diaryl/α,β-unsaturated/α-hetero) is 1. The van der Waals surface area contributed by atoms with Crippen LogP contribution < -0.4 is 15.5 Å². The molecule has 15 nitrogen and oxygen atoms in total. The van der Waals surface area contributed by atoms with E-state index in [0.717, 1.165) is 26.2 Å². The molecular formula is C42H53N9O6. The number of ketones is 1. The number of epoxide rings is 1. The molecule has 57 heavy (non-hydrogen) atoms. The highest BCUT2D eigenvalue weighted by Crippen LogP contribution is 2.66. The minimum atomic E-state index is -0.825. The summed E-state index contributed by atoms with van der Waals surface area (Å²) in [5.74, 6) is 1.02. The fourth-order valence-corrected chi connectivity index (χ4v) is 9.75. The smallest absolute Gasteiger partial charge is 0.345 e. The Bertz CT molecular complexity index is 2010. The predicted octanol–water partition coefficient (Wildman–Crippen LogP) is 2.80. The predicted molar refractivity (Wildman–Crippen MR) is 215 cm³/mol. The van der Waals surface area contributed by atoms with Gasteiger partial charge < -0.3 is 40.1 Å². The molecule has 0 aromatic carbocycles. The number of ether oxygens (including phenoxy) is 2. The van der Waals surface area contributed by atoms with Crippen LogP contribution in [0.5, 0.6) is 0 Å². The summed E-state index contributed by atoms with van der Waals surface area (Å²) in [5.41, 5.74) is -0.527. The van der Waals surface area contributed by atoms with E-state index in [1.54, 1.807) is 37.0 Å². The molecule has 0 radical (unpaired) electrons. The van der Waals surface area contributed by atoms with Crippen molar-refractivity contribution in [3.63, 3.8) is 0 Å². The fourth-order valence-electron chi connectivity index (χ4n) is 9.75. The van der Waals surface area contributed by atoms with Crippen molar-refractivity contribution in [3.8, 4) is 0 Å². The number of anilines is 2. The number of hydrogen-bond donors (Lipinski definition) is 4. The van der Waals surface area contributed by atoms with Crippen molar-refractivity contribution in [1.29, 1.82) is 0 Å². The number of esters is 1. The monoisotopic (exact) mass is 779 g/mol. The Morgan fingerprint density at radius 2 is 1.91 bits per heavy atom. The number of aliphatic hydroxyl groups is 2. The number of aromatic nitrogens is 3. The molecule has 2 saturated carbocycles. The van der Waals surface area contributed by atoms with Crippen molar-refractivity contribution < 1.29 is 29.3 Å². The van der Waals surface area contributed by atoms with Crippen LogP contribution in [-0.2, 0) is 19.1 Å². The summed E-state index contributed by atoms with van der Waals surface area (Å²) in [6.45, 7) is 10.3. The summed E-state index contributed by atoms with van der Waals surface area (Å²) in [6.07, 6.45) is 13.5. The molecule has 15 heteroatoms. The maximum absolute atomic E-state index is 13.9. The van der Waals surface area contributed by atoms with Crippen molar-refractivity contribution in [2.24, 2.45) is 32.7 Å². The van der Waals surface area contributed by atoms with Gasteiger partial charge in [0, 0.05) is 73.9 Å². The van der Waals surface area contributed by atoms with E-state index < -0.39 is 34.5 Å². The van der Waals surface area contributed by atoms with Gasteiger partial charge in [0.2, 0.25) is 5.95 Å². The fraction of sp³-hybridized carbons (Fsp3) is 0.548. The van der Waals surface area contributed by atoms with Crippen LogP contribution in [-0.4, -0.2) is 131 Å². The molecule has 6 heterocycles. The number of aliphatic hydroxyl groups excluding tert-OH is 2. The van der Waals surface area contributed by atoms with Gasteiger partial charge in [0.15, 0.2) is 5.78 Å². The first-order chi connectivity index (χ1) is 27.4. The molecule has 4 N–H and O–H groups in total. The normalized spacial score (nSPS) is 33.9. The second kappa shape index (κ2) is 15.6. The van der Waals surface area contributed by atoms with Crippen molar-refractivity contribution >= 4 is 41.6 Å². The van der Waals surface area contributed by atoms with E-state index in [9.17, 15) is 19.8 Å². The summed E-state index contributed by atoms with van der Waals surface area (Å²) in [4.78, 5) is 54.0. The zero-order valence-corrected chi connectivity index (χ0v) is 33.1. The molecule has 0 amide bonds. The highest BCUT2D eigenvalue weighted by Gasteiger charge is 2.70. The number of piperazine rings is 1. The molecule has 1 spiro atoms. The minimum absolute atomic E-state index is 0.0346. The molecule has 0 bridgehead atoms. The molecule has 2 aliphatic carbocycles. The third-order valence-electron chi connectivity index (χ3n) is 13.3. The first-order valence-electron chi connectivity index (χ1n) is 20.0. The van der Waals surface area contributed by atoms with Gasteiger partial charge in [-0.15, -0.1) is 0 Å². The standard InChI is InChI=1S/C42H53N9O6/c1-26(31(53)20-37-44-11-12-45-37)48-34-21-32-40(2,9-8-35(54)41(32,3)24-52)33(42(34)25-56-42)19-30(49-36-7-5-6-10-43-36)29-18-28(57-38(29)55)17-27-22-46-39(47-23-27)51-15-13-50(4)14-16-51/h5-7,10-11,17-19,22-23,26,32-35,48,52,54H,8-9,12-16,20-21,24-25H2,1-4H3,(H,43,49)/b28-17+,30-19-/t26?,32?,33?,34?,35-,40+,41+,42?/m1/s1. The van der Waals surface area contributed by atoms with Crippen LogP contribution in [0.3, 0.4) is 0 Å². The van der Waals surface area contributed by atoms with Crippen molar-refractivity contribution in [2.75, 3.05) is 63.2 Å². The lowest BCUT2D eigenvalue weighted by atomic mass is 9.44. The van der Waals surface area contributed by atoms with E-state index in [2.05, 4.69) is 65.4 Å². The van der Waals surface area contributed by atoms with Gasteiger partial charge in [-0.2, -0.15) is 0 Å². The van der Waals surface area contributed by atoms with Crippen molar-refractivity contribution in [1.82, 2.24) is 25.2 Å². The quantitative estimate of drug-likeness (QED) is 0.182. The van der Waals surface area contributed by atoms with Crippen LogP contribution in [0.1, 0.15) is 52.0 Å². The number of hydrogen-bond acceptors (Lipinski definition) is 15. The molecule has 2 aromatic rings. The van der Waals surface area contributed by atoms with Crippen molar-refractivity contribution in [2.45, 2.75) is 70.2 Å². The summed E-state index contributed by atoms with van der Waals surface area (Å²) in [6, 6.07) is 4.66. The van der Waals surface area contributed by atoms with Gasteiger partial charge in [0.25, 0.3) is 0 Å². The number of carbonyl (C=O) groups is 2. The Hall–Kier alpha value is -4.67. The van der Waals surface area contributed by atoms with Crippen LogP contribution in [0.2, 0.25) is 0 Å². The number of carbonyl (C=O) groups excluding carboxylic acids is 2. The van der Waals surface area contributed by atoms with E-state index in [1.165, 1.54) is 0 Å². The molecule has 2 saturated heterocycles. The first-order valence-corrected chi connectivity index (χ1v) is 20.0. The lowest BCUT2D eigenvalue weighted by molar-refractivity contribution is -0.174.